The lowest BCUT2D eigenvalue weighted by Crippen LogP contribution is -2.49. The van der Waals surface area contributed by atoms with Crippen molar-refractivity contribution in [1.82, 2.24) is 5.32 Å². The lowest BCUT2D eigenvalue weighted by Gasteiger charge is -2.30. The monoisotopic (exact) mass is 213 g/mol. The quantitative estimate of drug-likeness (QED) is 0.749. The maximum atomic E-state index is 11.9. The van der Waals surface area contributed by atoms with E-state index in [1.807, 2.05) is 13.8 Å². The van der Waals surface area contributed by atoms with Gasteiger partial charge in [0, 0.05) is 5.92 Å². The molecule has 3 heteroatoms. The average molecular weight is 213 g/mol. The molecule has 0 saturated heterocycles. The smallest absolute Gasteiger partial charge is 0.223 e. The molecule has 0 atom stereocenters. The van der Waals surface area contributed by atoms with Gasteiger partial charge in [-0.05, 0) is 45.4 Å². The molecule has 3 nitrogen and oxygen atoms in total. The van der Waals surface area contributed by atoms with E-state index in [9.17, 15) is 4.79 Å². The van der Waals surface area contributed by atoms with Crippen molar-refractivity contribution >= 4 is 5.91 Å². The van der Waals surface area contributed by atoms with Gasteiger partial charge in [0.05, 0.1) is 12.1 Å². The molecule has 1 aliphatic rings. The van der Waals surface area contributed by atoms with Crippen molar-refractivity contribution in [3.8, 4) is 0 Å². The molecule has 15 heavy (non-hydrogen) atoms. The van der Waals surface area contributed by atoms with Crippen LogP contribution >= 0.6 is 0 Å². The number of hydrogen-bond donors (Lipinski definition) is 2. The van der Waals surface area contributed by atoms with E-state index in [4.69, 9.17) is 5.11 Å². The molecular weight excluding hydrogens is 190 g/mol. The van der Waals surface area contributed by atoms with E-state index < -0.39 is 5.54 Å². The van der Waals surface area contributed by atoms with Crippen LogP contribution in [0.25, 0.3) is 0 Å². The molecule has 0 aromatic carbocycles. The lowest BCUT2D eigenvalue weighted by molar-refractivity contribution is -0.128. The molecule has 0 radical (unpaired) electrons. The van der Waals surface area contributed by atoms with Gasteiger partial charge in [0.25, 0.3) is 0 Å². The molecule has 88 valence electrons. The molecule has 0 spiro atoms. The van der Waals surface area contributed by atoms with Crippen LogP contribution in [0.15, 0.2) is 0 Å². The van der Waals surface area contributed by atoms with Gasteiger partial charge in [-0.3, -0.25) is 4.79 Å². The van der Waals surface area contributed by atoms with E-state index in [1.165, 1.54) is 0 Å². The summed E-state index contributed by atoms with van der Waals surface area (Å²) in [6.45, 7) is 5.92. The Morgan fingerprint density at radius 2 is 1.87 bits per heavy atom. The van der Waals surface area contributed by atoms with E-state index in [-0.39, 0.29) is 18.4 Å². The van der Waals surface area contributed by atoms with Crippen molar-refractivity contribution in [2.24, 2.45) is 11.8 Å². The summed E-state index contributed by atoms with van der Waals surface area (Å²) in [4.78, 5) is 11.9. The third-order valence-corrected chi connectivity index (χ3v) is 3.24. The number of nitrogens with one attached hydrogen (secondary N) is 1. The minimum Gasteiger partial charge on any atom is -0.394 e. The van der Waals surface area contributed by atoms with E-state index in [2.05, 4.69) is 12.2 Å². The fourth-order valence-electron chi connectivity index (χ4n) is 2.00. The summed E-state index contributed by atoms with van der Waals surface area (Å²) in [5.41, 5.74) is -0.486. The maximum Gasteiger partial charge on any atom is 0.223 e. The molecule has 0 aromatic rings. The summed E-state index contributed by atoms with van der Waals surface area (Å²) in [7, 11) is 0. The first-order chi connectivity index (χ1) is 6.94. The second-order valence-electron chi connectivity index (χ2n) is 5.49. The van der Waals surface area contributed by atoms with Crippen LogP contribution in [-0.2, 0) is 4.79 Å². The van der Waals surface area contributed by atoms with E-state index in [0.717, 1.165) is 31.6 Å². The maximum absolute atomic E-state index is 11.9. The van der Waals surface area contributed by atoms with Crippen LogP contribution in [-0.4, -0.2) is 23.2 Å². The predicted octanol–water partition coefficient (Wildman–Crippen LogP) is 1.70. The normalized spacial score (nSPS) is 27.5. The molecule has 0 aliphatic heterocycles. The zero-order valence-corrected chi connectivity index (χ0v) is 10.0. The zero-order valence-electron chi connectivity index (χ0n) is 10.0. The van der Waals surface area contributed by atoms with Gasteiger partial charge < -0.3 is 10.4 Å². The van der Waals surface area contributed by atoms with Gasteiger partial charge in [0.2, 0.25) is 5.91 Å². The zero-order chi connectivity index (χ0) is 11.5. The Morgan fingerprint density at radius 3 is 2.33 bits per heavy atom. The Kier molecular flexibility index (Phi) is 4.14. The van der Waals surface area contributed by atoms with Gasteiger partial charge in [0.15, 0.2) is 0 Å². The highest BCUT2D eigenvalue weighted by atomic mass is 16.3. The molecule has 0 unspecified atom stereocenters. The first kappa shape index (κ1) is 12.5. The molecule has 1 amide bonds. The van der Waals surface area contributed by atoms with Crippen LogP contribution in [0.1, 0.15) is 46.5 Å². The largest absolute Gasteiger partial charge is 0.394 e. The van der Waals surface area contributed by atoms with Crippen LogP contribution in [0.3, 0.4) is 0 Å². The fraction of sp³-hybridized carbons (Fsp3) is 0.917. The van der Waals surface area contributed by atoms with Crippen molar-refractivity contribution in [1.29, 1.82) is 0 Å². The third kappa shape index (κ3) is 3.82. The number of hydrogen-bond acceptors (Lipinski definition) is 2. The molecular formula is C12H23NO2. The molecule has 0 bridgehead atoms. The molecule has 1 rings (SSSR count). The highest BCUT2D eigenvalue weighted by molar-refractivity contribution is 5.79. The van der Waals surface area contributed by atoms with Gasteiger partial charge in [0.1, 0.15) is 0 Å². The standard InChI is InChI=1S/C12H23NO2/c1-9-4-6-10(7-5-9)11(15)13-12(2,3)8-14/h9-10,14H,4-8H2,1-3H3,(H,13,15)/t9-,10+. The molecule has 2 N–H and O–H groups in total. The van der Waals surface area contributed by atoms with Crippen molar-refractivity contribution in [2.75, 3.05) is 6.61 Å². The van der Waals surface area contributed by atoms with Crippen LogP contribution in [0, 0.1) is 11.8 Å². The van der Waals surface area contributed by atoms with E-state index in [0.29, 0.717) is 0 Å². The number of carbonyl (C=O) groups excluding carboxylic acids is 1. The van der Waals surface area contributed by atoms with Gasteiger partial charge in [-0.2, -0.15) is 0 Å². The highest BCUT2D eigenvalue weighted by Crippen LogP contribution is 2.28. The van der Waals surface area contributed by atoms with Crippen LogP contribution in [0.5, 0.6) is 0 Å². The van der Waals surface area contributed by atoms with Crippen LogP contribution in [0.2, 0.25) is 0 Å². The number of aliphatic hydroxyl groups excluding tert-OH is 1. The molecule has 1 saturated carbocycles. The van der Waals surface area contributed by atoms with E-state index >= 15 is 0 Å². The summed E-state index contributed by atoms with van der Waals surface area (Å²) >= 11 is 0. The Labute approximate surface area is 92.3 Å². The number of aliphatic hydroxyl groups is 1. The average Bonchev–Trinajstić information content (AvgIpc) is 2.18. The molecule has 1 aliphatic carbocycles. The SMILES string of the molecule is CC(C)(CO)NC(=O)[C@H]1CC[C@@H](C)CC1. The Hall–Kier alpha value is -0.570. The Bertz CT molecular complexity index is 218. The van der Waals surface area contributed by atoms with Gasteiger partial charge in [-0.15, -0.1) is 0 Å². The lowest BCUT2D eigenvalue weighted by atomic mass is 9.82. The van der Waals surface area contributed by atoms with Crippen LogP contribution < -0.4 is 5.32 Å². The summed E-state index contributed by atoms with van der Waals surface area (Å²) < 4.78 is 0. The van der Waals surface area contributed by atoms with Crippen molar-refractivity contribution in [3.63, 3.8) is 0 Å². The second-order valence-corrected chi connectivity index (χ2v) is 5.49. The fourth-order valence-corrected chi connectivity index (χ4v) is 2.00. The third-order valence-electron chi connectivity index (χ3n) is 3.24. The molecule has 0 aromatic heterocycles. The van der Waals surface area contributed by atoms with Crippen molar-refractivity contribution in [3.05, 3.63) is 0 Å². The predicted molar refractivity (Wildman–Crippen MR) is 60.4 cm³/mol. The first-order valence-electron chi connectivity index (χ1n) is 5.87. The number of carbonyl (C=O) groups is 1. The minimum absolute atomic E-state index is 0.0120. The van der Waals surface area contributed by atoms with Crippen molar-refractivity contribution in [2.45, 2.75) is 52.0 Å². The molecule has 0 heterocycles. The second kappa shape index (κ2) is 4.97. The highest BCUT2D eigenvalue weighted by Gasteiger charge is 2.28. The summed E-state index contributed by atoms with van der Waals surface area (Å²) in [6.07, 6.45) is 4.29. The van der Waals surface area contributed by atoms with E-state index in [1.54, 1.807) is 0 Å². The molecule has 1 fully saturated rings. The minimum atomic E-state index is -0.486. The summed E-state index contributed by atoms with van der Waals surface area (Å²) in [5, 5.41) is 12.0. The topological polar surface area (TPSA) is 49.3 Å². The first-order valence-corrected chi connectivity index (χ1v) is 5.87. The Balaban J connectivity index is 2.41. The van der Waals surface area contributed by atoms with Gasteiger partial charge in [-0.25, -0.2) is 0 Å². The summed E-state index contributed by atoms with van der Waals surface area (Å²) in [5.74, 6) is 1.04. The van der Waals surface area contributed by atoms with Gasteiger partial charge in [-0.1, -0.05) is 6.92 Å². The van der Waals surface area contributed by atoms with Gasteiger partial charge >= 0.3 is 0 Å². The van der Waals surface area contributed by atoms with Crippen molar-refractivity contribution < 1.29 is 9.90 Å². The number of amides is 1. The Morgan fingerprint density at radius 1 is 1.33 bits per heavy atom. The number of rotatable bonds is 3. The van der Waals surface area contributed by atoms with Crippen LogP contribution in [0.4, 0.5) is 0 Å². The summed E-state index contributed by atoms with van der Waals surface area (Å²) in [6, 6.07) is 0.